The van der Waals surface area contributed by atoms with Crippen molar-refractivity contribution in [3.05, 3.63) is 0 Å². The van der Waals surface area contributed by atoms with E-state index in [0.29, 0.717) is 12.0 Å². The summed E-state index contributed by atoms with van der Waals surface area (Å²) >= 11 is 0. The van der Waals surface area contributed by atoms with Crippen LogP contribution in [0.4, 0.5) is 0 Å². The van der Waals surface area contributed by atoms with E-state index in [4.69, 9.17) is 10.5 Å². The number of hydrogen-bond donors (Lipinski definition) is 1. The Balaban J connectivity index is 2.22. The Morgan fingerprint density at radius 1 is 1.44 bits per heavy atom. The van der Waals surface area contributed by atoms with Gasteiger partial charge in [-0.05, 0) is 53.0 Å². The summed E-state index contributed by atoms with van der Waals surface area (Å²) in [7, 11) is 0. The lowest BCUT2D eigenvalue weighted by molar-refractivity contribution is -0.0175. The largest absolute Gasteiger partial charge is 0.375 e. The average molecular weight is 228 g/mol. The highest BCUT2D eigenvalue weighted by molar-refractivity contribution is 4.78. The van der Waals surface area contributed by atoms with Gasteiger partial charge in [0.1, 0.15) is 0 Å². The van der Waals surface area contributed by atoms with Gasteiger partial charge in [0.15, 0.2) is 0 Å². The third-order valence-electron chi connectivity index (χ3n) is 3.23. The Labute approximate surface area is 100 Å². The molecule has 0 aliphatic carbocycles. The minimum atomic E-state index is -0.0175. The van der Waals surface area contributed by atoms with Crippen LogP contribution in [0.5, 0.6) is 0 Å². The Hall–Kier alpha value is -0.120. The predicted octanol–water partition coefficient (Wildman–Crippen LogP) is 1.86. The summed E-state index contributed by atoms with van der Waals surface area (Å²) in [6.45, 7) is 12.7. The SMILES string of the molecule is CC(N)C1CCCN(CCOC(C)(C)C)C1. The molecule has 0 amide bonds. The summed E-state index contributed by atoms with van der Waals surface area (Å²) in [6.07, 6.45) is 2.57. The number of piperidine rings is 1. The third kappa shape index (κ3) is 5.28. The number of nitrogens with zero attached hydrogens (tertiary/aromatic N) is 1. The second kappa shape index (κ2) is 5.99. The van der Waals surface area contributed by atoms with Crippen LogP contribution < -0.4 is 5.73 Å². The van der Waals surface area contributed by atoms with Gasteiger partial charge in [-0.3, -0.25) is 0 Å². The highest BCUT2D eigenvalue weighted by Crippen LogP contribution is 2.18. The molecule has 0 spiro atoms. The minimum absolute atomic E-state index is 0.0175. The zero-order valence-electron chi connectivity index (χ0n) is 11.3. The van der Waals surface area contributed by atoms with Gasteiger partial charge in [0.05, 0.1) is 12.2 Å². The van der Waals surface area contributed by atoms with Gasteiger partial charge in [-0.2, -0.15) is 0 Å². The van der Waals surface area contributed by atoms with E-state index in [0.717, 1.165) is 19.7 Å². The molecule has 0 bridgehead atoms. The number of likely N-dealkylation sites (tertiary alicyclic amines) is 1. The van der Waals surface area contributed by atoms with E-state index in [1.807, 2.05) is 0 Å². The van der Waals surface area contributed by atoms with Crippen molar-refractivity contribution in [2.45, 2.75) is 52.2 Å². The van der Waals surface area contributed by atoms with Crippen molar-refractivity contribution in [3.8, 4) is 0 Å². The minimum Gasteiger partial charge on any atom is -0.375 e. The molecule has 1 saturated heterocycles. The van der Waals surface area contributed by atoms with Gasteiger partial charge in [-0.15, -0.1) is 0 Å². The number of hydrogen-bond acceptors (Lipinski definition) is 3. The first-order chi connectivity index (χ1) is 7.38. The lowest BCUT2D eigenvalue weighted by Crippen LogP contribution is -2.43. The molecule has 96 valence electrons. The van der Waals surface area contributed by atoms with Crippen LogP contribution in [0.15, 0.2) is 0 Å². The molecule has 1 fully saturated rings. The average Bonchev–Trinajstić information content (AvgIpc) is 2.16. The topological polar surface area (TPSA) is 38.5 Å². The van der Waals surface area contributed by atoms with Crippen LogP contribution in [0.2, 0.25) is 0 Å². The van der Waals surface area contributed by atoms with E-state index in [1.165, 1.54) is 19.4 Å². The van der Waals surface area contributed by atoms with Crippen LogP contribution in [-0.4, -0.2) is 42.8 Å². The van der Waals surface area contributed by atoms with E-state index in [-0.39, 0.29) is 5.60 Å². The highest BCUT2D eigenvalue weighted by Gasteiger charge is 2.22. The van der Waals surface area contributed by atoms with E-state index in [1.54, 1.807) is 0 Å². The van der Waals surface area contributed by atoms with Gasteiger partial charge in [0.2, 0.25) is 0 Å². The molecule has 2 N–H and O–H groups in total. The summed E-state index contributed by atoms with van der Waals surface area (Å²) in [5, 5.41) is 0. The van der Waals surface area contributed by atoms with Crippen molar-refractivity contribution in [2.75, 3.05) is 26.2 Å². The van der Waals surface area contributed by atoms with E-state index < -0.39 is 0 Å². The summed E-state index contributed by atoms with van der Waals surface area (Å²) < 4.78 is 5.75. The molecule has 0 saturated carbocycles. The van der Waals surface area contributed by atoms with Crippen LogP contribution in [0.25, 0.3) is 0 Å². The van der Waals surface area contributed by atoms with Crippen molar-refractivity contribution in [3.63, 3.8) is 0 Å². The van der Waals surface area contributed by atoms with Crippen LogP contribution in [-0.2, 0) is 4.74 Å². The normalized spacial score (nSPS) is 25.7. The first-order valence-corrected chi connectivity index (χ1v) is 6.50. The molecule has 2 atom stereocenters. The zero-order chi connectivity index (χ0) is 12.2. The third-order valence-corrected chi connectivity index (χ3v) is 3.23. The second-order valence-corrected chi connectivity index (χ2v) is 6.02. The Morgan fingerprint density at radius 2 is 2.12 bits per heavy atom. The van der Waals surface area contributed by atoms with Gasteiger partial charge in [-0.25, -0.2) is 0 Å². The molecule has 0 aromatic heterocycles. The fourth-order valence-corrected chi connectivity index (χ4v) is 2.20. The Bertz CT molecular complexity index is 199. The standard InChI is InChI=1S/C13H28N2O/c1-11(14)12-6-5-7-15(10-12)8-9-16-13(2,3)4/h11-12H,5-10,14H2,1-4H3. The fourth-order valence-electron chi connectivity index (χ4n) is 2.20. The maximum Gasteiger partial charge on any atom is 0.0600 e. The number of ether oxygens (including phenoxy) is 1. The van der Waals surface area contributed by atoms with Gasteiger partial charge < -0.3 is 15.4 Å². The van der Waals surface area contributed by atoms with Crippen LogP contribution in [0.1, 0.15) is 40.5 Å². The Kier molecular flexibility index (Phi) is 5.22. The quantitative estimate of drug-likeness (QED) is 0.798. The molecule has 0 aromatic carbocycles. The zero-order valence-corrected chi connectivity index (χ0v) is 11.3. The maximum absolute atomic E-state index is 5.97. The lowest BCUT2D eigenvalue weighted by Gasteiger charge is -2.35. The van der Waals surface area contributed by atoms with Crippen LogP contribution >= 0.6 is 0 Å². The van der Waals surface area contributed by atoms with Crippen molar-refractivity contribution in [1.82, 2.24) is 4.90 Å². The number of rotatable bonds is 4. The maximum atomic E-state index is 5.97. The van der Waals surface area contributed by atoms with Crippen molar-refractivity contribution < 1.29 is 4.74 Å². The van der Waals surface area contributed by atoms with E-state index in [2.05, 4.69) is 32.6 Å². The summed E-state index contributed by atoms with van der Waals surface area (Å²) in [6, 6.07) is 0.325. The summed E-state index contributed by atoms with van der Waals surface area (Å²) in [5.41, 5.74) is 5.95. The predicted molar refractivity (Wildman–Crippen MR) is 68.5 cm³/mol. The highest BCUT2D eigenvalue weighted by atomic mass is 16.5. The first kappa shape index (κ1) is 13.9. The van der Waals surface area contributed by atoms with Gasteiger partial charge in [-0.1, -0.05) is 0 Å². The smallest absolute Gasteiger partial charge is 0.0600 e. The molecule has 0 radical (unpaired) electrons. The molecule has 0 aromatic rings. The monoisotopic (exact) mass is 228 g/mol. The molecular formula is C13H28N2O. The molecule has 1 rings (SSSR count). The molecule has 16 heavy (non-hydrogen) atoms. The van der Waals surface area contributed by atoms with Crippen molar-refractivity contribution >= 4 is 0 Å². The molecular weight excluding hydrogens is 200 g/mol. The molecule has 2 unspecified atom stereocenters. The van der Waals surface area contributed by atoms with Crippen molar-refractivity contribution in [2.24, 2.45) is 11.7 Å². The van der Waals surface area contributed by atoms with Gasteiger partial charge in [0.25, 0.3) is 0 Å². The molecule has 1 aliphatic rings. The lowest BCUT2D eigenvalue weighted by atomic mass is 9.92. The summed E-state index contributed by atoms with van der Waals surface area (Å²) in [4.78, 5) is 2.49. The van der Waals surface area contributed by atoms with Crippen LogP contribution in [0.3, 0.4) is 0 Å². The first-order valence-electron chi connectivity index (χ1n) is 6.50. The van der Waals surface area contributed by atoms with E-state index in [9.17, 15) is 0 Å². The number of nitrogens with two attached hydrogens (primary N) is 1. The van der Waals surface area contributed by atoms with E-state index >= 15 is 0 Å². The molecule has 3 heteroatoms. The molecule has 1 heterocycles. The van der Waals surface area contributed by atoms with Crippen LogP contribution in [0, 0.1) is 5.92 Å². The van der Waals surface area contributed by atoms with Gasteiger partial charge in [0, 0.05) is 19.1 Å². The second-order valence-electron chi connectivity index (χ2n) is 6.02. The Morgan fingerprint density at radius 3 is 2.69 bits per heavy atom. The molecule has 3 nitrogen and oxygen atoms in total. The fraction of sp³-hybridized carbons (Fsp3) is 1.00. The van der Waals surface area contributed by atoms with Gasteiger partial charge >= 0.3 is 0 Å². The molecule has 1 aliphatic heterocycles. The summed E-state index contributed by atoms with van der Waals surface area (Å²) in [5.74, 6) is 0.670. The van der Waals surface area contributed by atoms with Crippen molar-refractivity contribution in [1.29, 1.82) is 0 Å².